The Morgan fingerprint density at radius 3 is 2.42 bits per heavy atom. The van der Waals surface area contributed by atoms with Crippen LogP contribution >= 0.6 is 0 Å². The predicted molar refractivity (Wildman–Crippen MR) is 63.7 cm³/mol. The molecule has 108 valence electrons. The molecule has 0 bridgehead atoms. The first-order valence-electron chi connectivity index (χ1n) is 6.28. The Labute approximate surface area is 111 Å². The van der Waals surface area contributed by atoms with Crippen LogP contribution in [-0.2, 0) is 28.7 Å². The molecule has 0 aliphatic carbocycles. The molecule has 0 unspecified atom stereocenters. The summed E-state index contributed by atoms with van der Waals surface area (Å²) in [6, 6.07) is 0. The summed E-state index contributed by atoms with van der Waals surface area (Å²) >= 11 is 0. The first-order chi connectivity index (χ1) is 9.15. The minimum Gasteiger partial charge on any atom is -0.382 e. The lowest BCUT2D eigenvalue weighted by atomic mass is 10.2. The van der Waals surface area contributed by atoms with E-state index < -0.39 is 17.8 Å². The number of hydrogen-bond donors (Lipinski definition) is 0. The maximum atomic E-state index is 11.4. The van der Waals surface area contributed by atoms with Crippen LogP contribution in [0.1, 0.15) is 32.1 Å². The molecule has 19 heavy (non-hydrogen) atoms. The molecule has 2 amide bonds. The summed E-state index contributed by atoms with van der Waals surface area (Å²) in [5.41, 5.74) is 0. The third-order valence-electron chi connectivity index (χ3n) is 2.55. The van der Waals surface area contributed by atoms with Crippen LogP contribution in [0.3, 0.4) is 0 Å². The van der Waals surface area contributed by atoms with Crippen molar-refractivity contribution in [1.82, 2.24) is 5.06 Å². The van der Waals surface area contributed by atoms with Crippen molar-refractivity contribution in [3.05, 3.63) is 0 Å². The molecular weight excluding hydrogens is 254 g/mol. The molecule has 1 aliphatic heterocycles. The Morgan fingerprint density at radius 1 is 1.11 bits per heavy atom. The van der Waals surface area contributed by atoms with E-state index >= 15 is 0 Å². The Hall–Kier alpha value is -1.47. The molecule has 0 N–H and O–H groups in total. The van der Waals surface area contributed by atoms with Crippen molar-refractivity contribution in [2.75, 3.05) is 26.9 Å². The Bertz CT molecular complexity index is 314. The van der Waals surface area contributed by atoms with Gasteiger partial charge in [-0.1, -0.05) is 0 Å². The summed E-state index contributed by atoms with van der Waals surface area (Å²) in [6.07, 6.45) is 1.67. The summed E-state index contributed by atoms with van der Waals surface area (Å²) < 4.78 is 10.0. The van der Waals surface area contributed by atoms with E-state index in [1.807, 2.05) is 0 Å². The predicted octanol–water partition coefficient (Wildman–Crippen LogP) is 0.427. The standard InChI is InChI=1S/C12H19NO6/c1-17-8-9-18-7-3-2-4-12(16)19-13-10(14)5-6-11(13)15/h2-9H2,1H3. The third-order valence-corrected chi connectivity index (χ3v) is 2.55. The molecule has 0 aromatic rings. The second-order valence-corrected chi connectivity index (χ2v) is 4.11. The minimum atomic E-state index is -0.569. The maximum Gasteiger partial charge on any atom is 0.333 e. The van der Waals surface area contributed by atoms with Gasteiger partial charge in [0.15, 0.2) is 0 Å². The molecule has 0 aromatic carbocycles. The highest BCUT2D eigenvalue weighted by molar-refractivity contribution is 6.01. The Balaban J connectivity index is 2.05. The first kappa shape index (κ1) is 15.6. The van der Waals surface area contributed by atoms with E-state index in [1.165, 1.54) is 0 Å². The summed E-state index contributed by atoms with van der Waals surface area (Å²) in [5.74, 6) is -1.48. The normalized spacial score (nSPS) is 15.1. The zero-order valence-corrected chi connectivity index (χ0v) is 11.1. The molecular formula is C12H19NO6. The van der Waals surface area contributed by atoms with Crippen LogP contribution in [-0.4, -0.2) is 49.8 Å². The quantitative estimate of drug-likeness (QED) is 0.447. The fourth-order valence-electron chi connectivity index (χ4n) is 1.52. The summed E-state index contributed by atoms with van der Waals surface area (Å²) in [6.45, 7) is 1.61. The Kier molecular flexibility index (Phi) is 7.06. The minimum absolute atomic E-state index is 0.111. The first-order valence-corrected chi connectivity index (χ1v) is 6.28. The number of amides is 2. The van der Waals surface area contributed by atoms with Crippen molar-refractivity contribution >= 4 is 17.8 Å². The van der Waals surface area contributed by atoms with Crippen LogP contribution in [0.5, 0.6) is 0 Å². The number of carbonyl (C=O) groups excluding carboxylic acids is 3. The summed E-state index contributed by atoms with van der Waals surface area (Å²) in [7, 11) is 1.60. The average Bonchev–Trinajstić information content (AvgIpc) is 2.69. The van der Waals surface area contributed by atoms with E-state index in [-0.39, 0.29) is 19.3 Å². The SMILES string of the molecule is COCCOCCCCC(=O)ON1C(=O)CCC1=O. The van der Waals surface area contributed by atoms with Crippen LogP contribution in [0.2, 0.25) is 0 Å². The highest BCUT2D eigenvalue weighted by Gasteiger charge is 2.32. The largest absolute Gasteiger partial charge is 0.382 e. The molecule has 7 nitrogen and oxygen atoms in total. The van der Waals surface area contributed by atoms with E-state index in [9.17, 15) is 14.4 Å². The number of ether oxygens (including phenoxy) is 2. The van der Waals surface area contributed by atoms with Gasteiger partial charge in [0, 0.05) is 33.0 Å². The fraction of sp³-hybridized carbons (Fsp3) is 0.750. The number of hydrogen-bond acceptors (Lipinski definition) is 6. The number of carbonyl (C=O) groups is 3. The highest BCUT2D eigenvalue weighted by atomic mass is 16.7. The van der Waals surface area contributed by atoms with Crippen molar-refractivity contribution in [2.24, 2.45) is 0 Å². The van der Waals surface area contributed by atoms with Gasteiger partial charge in [0.2, 0.25) is 0 Å². The lowest BCUT2D eigenvalue weighted by Gasteiger charge is -2.12. The van der Waals surface area contributed by atoms with E-state index in [0.717, 1.165) is 0 Å². The van der Waals surface area contributed by atoms with Gasteiger partial charge in [-0.25, -0.2) is 4.79 Å². The van der Waals surface area contributed by atoms with Gasteiger partial charge in [0.05, 0.1) is 13.2 Å². The second-order valence-electron chi connectivity index (χ2n) is 4.11. The zero-order chi connectivity index (χ0) is 14.1. The van der Waals surface area contributed by atoms with E-state index in [4.69, 9.17) is 14.3 Å². The van der Waals surface area contributed by atoms with Gasteiger partial charge in [-0.15, -0.1) is 5.06 Å². The van der Waals surface area contributed by atoms with E-state index in [0.29, 0.717) is 37.7 Å². The number of methoxy groups -OCH3 is 1. The molecule has 1 saturated heterocycles. The number of nitrogens with zero attached hydrogens (tertiary/aromatic N) is 1. The monoisotopic (exact) mass is 273 g/mol. The number of unbranched alkanes of at least 4 members (excludes halogenated alkanes) is 1. The van der Waals surface area contributed by atoms with Crippen molar-refractivity contribution < 1.29 is 28.7 Å². The van der Waals surface area contributed by atoms with E-state index in [1.54, 1.807) is 7.11 Å². The Morgan fingerprint density at radius 2 is 1.79 bits per heavy atom. The third kappa shape index (κ3) is 5.80. The topological polar surface area (TPSA) is 82.1 Å². The van der Waals surface area contributed by atoms with Gasteiger partial charge < -0.3 is 14.3 Å². The summed E-state index contributed by atoms with van der Waals surface area (Å²) in [5, 5.41) is 0.567. The van der Waals surface area contributed by atoms with Crippen molar-refractivity contribution in [1.29, 1.82) is 0 Å². The zero-order valence-electron chi connectivity index (χ0n) is 11.1. The molecule has 1 fully saturated rings. The van der Waals surface area contributed by atoms with Gasteiger partial charge in [0.25, 0.3) is 11.8 Å². The second kappa shape index (κ2) is 8.60. The molecule has 1 aliphatic rings. The lowest BCUT2D eigenvalue weighted by molar-refractivity contribution is -0.197. The number of rotatable bonds is 9. The average molecular weight is 273 g/mol. The van der Waals surface area contributed by atoms with Gasteiger partial charge >= 0.3 is 5.97 Å². The van der Waals surface area contributed by atoms with Gasteiger partial charge in [0.1, 0.15) is 0 Å². The van der Waals surface area contributed by atoms with E-state index in [2.05, 4.69) is 0 Å². The molecule has 0 aromatic heterocycles. The van der Waals surface area contributed by atoms with Crippen molar-refractivity contribution in [3.8, 4) is 0 Å². The van der Waals surface area contributed by atoms with Crippen LogP contribution in [0.4, 0.5) is 0 Å². The highest BCUT2D eigenvalue weighted by Crippen LogP contribution is 2.13. The molecule has 1 rings (SSSR count). The van der Waals surface area contributed by atoms with Crippen LogP contribution in [0.15, 0.2) is 0 Å². The maximum absolute atomic E-state index is 11.4. The van der Waals surface area contributed by atoms with Gasteiger partial charge in [-0.05, 0) is 12.8 Å². The smallest absolute Gasteiger partial charge is 0.333 e. The summed E-state index contributed by atoms with van der Waals surface area (Å²) in [4.78, 5) is 38.5. The van der Waals surface area contributed by atoms with Gasteiger partial charge in [-0.3, -0.25) is 9.59 Å². The molecule has 0 atom stereocenters. The number of imide groups is 1. The van der Waals surface area contributed by atoms with Crippen molar-refractivity contribution in [3.63, 3.8) is 0 Å². The van der Waals surface area contributed by atoms with Crippen LogP contribution in [0.25, 0.3) is 0 Å². The fourth-order valence-corrected chi connectivity index (χ4v) is 1.52. The number of hydroxylamine groups is 2. The molecule has 0 spiro atoms. The van der Waals surface area contributed by atoms with Crippen LogP contribution in [0, 0.1) is 0 Å². The molecule has 0 saturated carbocycles. The van der Waals surface area contributed by atoms with Crippen molar-refractivity contribution in [2.45, 2.75) is 32.1 Å². The van der Waals surface area contributed by atoms with Crippen LogP contribution < -0.4 is 0 Å². The van der Waals surface area contributed by atoms with Gasteiger partial charge in [-0.2, -0.15) is 0 Å². The lowest BCUT2D eigenvalue weighted by Crippen LogP contribution is -2.31. The molecule has 7 heteroatoms. The molecule has 0 radical (unpaired) electrons. The molecule has 1 heterocycles.